The number of hydrogen-bond acceptors (Lipinski definition) is 4. The summed E-state index contributed by atoms with van der Waals surface area (Å²) in [5.74, 6) is -0.360. The lowest BCUT2D eigenvalue weighted by molar-refractivity contribution is -0.120. The largest absolute Gasteiger partial charge is 0.325 e. The number of rotatable bonds is 4. The second-order valence-electron chi connectivity index (χ2n) is 7.69. The molecule has 2 heterocycles. The summed E-state index contributed by atoms with van der Waals surface area (Å²) in [5.41, 5.74) is 5.50. The molecule has 0 saturated carbocycles. The molecule has 2 amide bonds. The topological polar surface area (TPSA) is 61.8 Å². The molecule has 2 aromatic carbocycles. The van der Waals surface area contributed by atoms with Crippen molar-refractivity contribution in [2.45, 2.75) is 25.7 Å². The fraction of sp³-hybridized carbons (Fsp3) is 0.208. The Morgan fingerprint density at radius 2 is 1.94 bits per heavy atom. The van der Waals surface area contributed by atoms with Crippen LogP contribution in [0.2, 0.25) is 0 Å². The van der Waals surface area contributed by atoms with E-state index in [0.29, 0.717) is 11.4 Å². The second kappa shape index (κ2) is 8.40. The first-order valence-corrected chi connectivity index (χ1v) is 11.8. The number of halogens is 1. The van der Waals surface area contributed by atoms with Gasteiger partial charge in [-0.1, -0.05) is 18.2 Å². The van der Waals surface area contributed by atoms with Crippen molar-refractivity contribution in [1.82, 2.24) is 0 Å². The molecule has 31 heavy (non-hydrogen) atoms. The lowest BCUT2D eigenvalue weighted by Crippen LogP contribution is -2.38. The van der Waals surface area contributed by atoms with Crippen molar-refractivity contribution < 1.29 is 9.59 Å². The van der Waals surface area contributed by atoms with E-state index in [-0.39, 0.29) is 24.8 Å². The van der Waals surface area contributed by atoms with Gasteiger partial charge in [-0.25, -0.2) is 4.99 Å². The van der Waals surface area contributed by atoms with E-state index in [2.05, 4.69) is 27.3 Å². The highest BCUT2D eigenvalue weighted by atomic mass is 79.9. The van der Waals surface area contributed by atoms with Gasteiger partial charge in [0.1, 0.15) is 6.54 Å². The van der Waals surface area contributed by atoms with Gasteiger partial charge < -0.3 is 10.2 Å². The minimum atomic E-state index is -0.219. The molecule has 0 fully saturated rings. The van der Waals surface area contributed by atoms with Crippen molar-refractivity contribution in [2.24, 2.45) is 4.99 Å². The molecule has 156 valence electrons. The van der Waals surface area contributed by atoms with E-state index >= 15 is 0 Å². The van der Waals surface area contributed by atoms with Crippen molar-refractivity contribution in [3.63, 3.8) is 0 Å². The third-order valence-corrected chi connectivity index (χ3v) is 7.26. The quantitative estimate of drug-likeness (QED) is 0.521. The lowest BCUT2D eigenvalue weighted by atomic mass is 10.1. The number of carbonyl (C=O) groups is 2. The highest BCUT2D eigenvalue weighted by molar-refractivity contribution is 9.11. The van der Waals surface area contributed by atoms with Gasteiger partial charge in [0.25, 0.3) is 0 Å². The van der Waals surface area contributed by atoms with Crippen LogP contribution < -0.4 is 10.2 Å². The number of amides is 2. The standard InChI is InChI=1S/C24H20BrN3O2S/c25-22-11-10-21(31-22)19-13-24(30)28(20-7-2-1-6-18(20)27-19)14-23(29)26-17-9-8-15-4-3-5-16(15)12-17/h1-2,6-12H,3-5,13-14H2,(H,26,29). The summed E-state index contributed by atoms with van der Waals surface area (Å²) in [7, 11) is 0. The summed E-state index contributed by atoms with van der Waals surface area (Å²) in [4.78, 5) is 33.3. The Balaban J connectivity index is 1.38. The van der Waals surface area contributed by atoms with Crippen molar-refractivity contribution in [3.8, 4) is 0 Å². The number of anilines is 2. The number of para-hydroxylation sites is 2. The number of aliphatic imine (C=N–C) groups is 1. The molecule has 0 unspecified atom stereocenters. The molecule has 2 aliphatic rings. The van der Waals surface area contributed by atoms with Crippen LogP contribution in [0.3, 0.4) is 0 Å². The van der Waals surface area contributed by atoms with Crippen LogP contribution >= 0.6 is 27.3 Å². The number of carbonyl (C=O) groups excluding carboxylic acids is 2. The Labute approximate surface area is 192 Å². The third kappa shape index (κ3) is 4.20. The summed E-state index contributed by atoms with van der Waals surface area (Å²) in [6.07, 6.45) is 3.46. The number of benzene rings is 2. The summed E-state index contributed by atoms with van der Waals surface area (Å²) >= 11 is 5.02. The summed E-state index contributed by atoms with van der Waals surface area (Å²) < 4.78 is 0.987. The molecule has 3 aromatic rings. The summed E-state index contributed by atoms with van der Waals surface area (Å²) in [5, 5.41) is 2.96. The van der Waals surface area contributed by atoms with Gasteiger partial charge in [-0.3, -0.25) is 9.59 Å². The van der Waals surface area contributed by atoms with Crippen molar-refractivity contribution in [3.05, 3.63) is 74.4 Å². The molecule has 1 aliphatic carbocycles. The van der Waals surface area contributed by atoms with Crippen LogP contribution in [0.1, 0.15) is 28.8 Å². The Morgan fingerprint density at radius 3 is 2.77 bits per heavy atom. The van der Waals surface area contributed by atoms with Gasteiger partial charge in [-0.2, -0.15) is 0 Å². The van der Waals surface area contributed by atoms with E-state index in [1.54, 1.807) is 11.3 Å². The fourth-order valence-electron chi connectivity index (χ4n) is 4.12. The maximum atomic E-state index is 13.2. The first-order chi connectivity index (χ1) is 15.1. The Bertz CT molecular complexity index is 1220. The van der Waals surface area contributed by atoms with Gasteiger partial charge in [-0.05, 0) is 82.7 Å². The summed E-state index contributed by atoms with van der Waals surface area (Å²) in [6, 6.07) is 17.5. The molecule has 1 N–H and O–H groups in total. The zero-order valence-corrected chi connectivity index (χ0v) is 19.1. The average Bonchev–Trinajstić information content (AvgIpc) is 3.37. The number of hydrogen-bond donors (Lipinski definition) is 1. The number of nitrogens with zero attached hydrogens (tertiary/aromatic N) is 2. The highest BCUT2D eigenvalue weighted by Crippen LogP contribution is 2.34. The first-order valence-electron chi connectivity index (χ1n) is 10.2. The van der Waals surface area contributed by atoms with E-state index in [1.807, 2.05) is 48.5 Å². The van der Waals surface area contributed by atoms with Crippen molar-refractivity contribution in [2.75, 3.05) is 16.8 Å². The monoisotopic (exact) mass is 493 g/mol. The van der Waals surface area contributed by atoms with Gasteiger partial charge >= 0.3 is 0 Å². The van der Waals surface area contributed by atoms with Gasteiger partial charge in [0, 0.05) is 5.69 Å². The van der Waals surface area contributed by atoms with Gasteiger partial charge in [0.05, 0.1) is 32.2 Å². The van der Waals surface area contributed by atoms with E-state index < -0.39 is 0 Å². The molecule has 5 rings (SSSR count). The third-order valence-electron chi connectivity index (χ3n) is 5.59. The molecule has 5 nitrogen and oxygen atoms in total. The normalized spacial score (nSPS) is 15.2. The molecular weight excluding hydrogens is 474 g/mol. The van der Waals surface area contributed by atoms with Crippen molar-refractivity contribution in [1.29, 1.82) is 0 Å². The van der Waals surface area contributed by atoms with Crippen molar-refractivity contribution >= 4 is 61.9 Å². The smallest absolute Gasteiger partial charge is 0.244 e. The Hall–Kier alpha value is -2.77. The van der Waals surface area contributed by atoms with Crippen LogP contribution in [0.15, 0.2) is 63.4 Å². The van der Waals surface area contributed by atoms with E-state index in [9.17, 15) is 9.59 Å². The second-order valence-corrected chi connectivity index (χ2v) is 10.2. The SMILES string of the molecule is O=C(CN1C(=O)CC(c2ccc(Br)s2)=Nc2ccccc21)Nc1ccc2c(c1)CCC2. The van der Waals surface area contributed by atoms with Crippen LogP contribution in [-0.4, -0.2) is 24.1 Å². The minimum absolute atomic E-state index is 0.0517. The first kappa shape index (κ1) is 20.2. The van der Waals surface area contributed by atoms with Gasteiger partial charge in [0.15, 0.2) is 0 Å². The lowest BCUT2D eigenvalue weighted by Gasteiger charge is -2.22. The molecule has 7 heteroatoms. The van der Waals surface area contributed by atoms with Crippen LogP contribution in [0.4, 0.5) is 17.1 Å². The maximum Gasteiger partial charge on any atom is 0.244 e. The number of aryl methyl sites for hydroxylation is 2. The van der Waals surface area contributed by atoms with E-state index in [1.165, 1.54) is 16.0 Å². The predicted molar refractivity (Wildman–Crippen MR) is 129 cm³/mol. The van der Waals surface area contributed by atoms with Crippen LogP contribution in [0.5, 0.6) is 0 Å². The molecule has 0 spiro atoms. The zero-order chi connectivity index (χ0) is 21.4. The highest BCUT2D eigenvalue weighted by Gasteiger charge is 2.27. The van der Waals surface area contributed by atoms with Gasteiger partial charge in [0.2, 0.25) is 11.8 Å². The average molecular weight is 494 g/mol. The molecule has 0 bridgehead atoms. The molecule has 1 aromatic heterocycles. The van der Waals surface area contributed by atoms with Crippen LogP contribution in [-0.2, 0) is 22.4 Å². The fourth-order valence-corrected chi connectivity index (χ4v) is 5.50. The van der Waals surface area contributed by atoms with Gasteiger partial charge in [-0.15, -0.1) is 11.3 Å². The number of fused-ring (bicyclic) bond motifs is 2. The molecule has 1 aliphatic heterocycles. The number of nitrogens with one attached hydrogen (secondary N) is 1. The zero-order valence-electron chi connectivity index (χ0n) is 16.7. The molecule has 0 atom stereocenters. The maximum absolute atomic E-state index is 13.2. The Morgan fingerprint density at radius 1 is 1.10 bits per heavy atom. The van der Waals surface area contributed by atoms with Crippen LogP contribution in [0.25, 0.3) is 0 Å². The minimum Gasteiger partial charge on any atom is -0.325 e. The Kier molecular flexibility index (Phi) is 5.46. The van der Waals surface area contributed by atoms with E-state index in [4.69, 9.17) is 4.99 Å². The predicted octanol–water partition coefficient (Wildman–Crippen LogP) is 5.50. The molecule has 0 saturated heterocycles. The van der Waals surface area contributed by atoms with E-state index in [0.717, 1.165) is 39.3 Å². The van der Waals surface area contributed by atoms with Crippen LogP contribution in [0, 0.1) is 0 Å². The summed E-state index contributed by atoms with van der Waals surface area (Å²) in [6.45, 7) is -0.0517. The number of thiophene rings is 1. The molecule has 0 radical (unpaired) electrons. The molecular formula is C24H20BrN3O2S.